The van der Waals surface area contributed by atoms with Gasteiger partial charge in [-0.25, -0.2) is 4.98 Å². The van der Waals surface area contributed by atoms with Gasteiger partial charge in [-0.05, 0) is 32.2 Å². The van der Waals surface area contributed by atoms with Gasteiger partial charge in [-0.2, -0.15) is 5.10 Å². The molecule has 0 aromatic carbocycles. The molecule has 0 amide bonds. The number of hydrogen-bond acceptors (Lipinski definition) is 3. The van der Waals surface area contributed by atoms with Crippen molar-refractivity contribution >= 4 is 0 Å². The fourth-order valence-corrected chi connectivity index (χ4v) is 2.58. The van der Waals surface area contributed by atoms with Crippen LogP contribution >= 0.6 is 0 Å². The Balaban J connectivity index is 1.78. The maximum absolute atomic E-state index is 5.47. The average Bonchev–Trinajstić information content (AvgIpc) is 2.85. The first-order chi connectivity index (χ1) is 8.40. The Morgan fingerprint density at radius 1 is 1.12 bits per heavy atom. The van der Waals surface area contributed by atoms with Gasteiger partial charge in [0.1, 0.15) is 5.82 Å². The van der Waals surface area contributed by atoms with Crippen LogP contribution < -0.4 is 5.73 Å². The number of rotatable bonds is 6. The molecule has 0 spiro atoms. The van der Waals surface area contributed by atoms with Crippen LogP contribution in [0, 0.1) is 0 Å². The first-order valence-corrected chi connectivity index (χ1v) is 7.01. The summed E-state index contributed by atoms with van der Waals surface area (Å²) in [6.07, 6.45) is 11.1. The average molecular weight is 236 g/mol. The molecule has 4 nitrogen and oxygen atoms in total. The molecule has 0 atom stereocenters. The Bertz CT molecular complexity index is 315. The maximum Gasteiger partial charge on any atom is 0.153 e. The third-order valence-corrected chi connectivity index (χ3v) is 3.64. The molecule has 0 unspecified atom stereocenters. The Hall–Kier alpha value is -0.900. The molecule has 3 N–H and O–H groups in total. The number of H-pyrrole nitrogens is 1. The summed E-state index contributed by atoms with van der Waals surface area (Å²) in [5.41, 5.74) is 5.47. The van der Waals surface area contributed by atoms with Crippen LogP contribution in [-0.4, -0.2) is 21.7 Å². The van der Waals surface area contributed by atoms with Crippen molar-refractivity contribution in [2.75, 3.05) is 6.54 Å². The second-order valence-electron chi connectivity index (χ2n) is 5.07. The molecule has 1 aromatic heterocycles. The van der Waals surface area contributed by atoms with E-state index in [0.717, 1.165) is 37.5 Å². The number of hydrogen-bond donors (Lipinski definition) is 2. The van der Waals surface area contributed by atoms with E-state index in [2.05, 4.69) is 15.2 Å². The van der Waals surface area contributed by atoms with Crippen molar-refractivity contribution in [3.8, 4) is 0 Å². The van der Waals surface area contributed by atoms with Gasteiger partial charge in [0.25, 0.3) is 0 Å². The monoisotopic (exact) mass is 236 g/mol. The number of nitrogens with one attached hydrogen (secondary N) is 1. The summed E-state index contributed by atoms with van der Waals surface area (Å²) in [6, 6.07) is 0. The number of aryl methyl sites for hydroxylation is 1. The van der Waals surface area contributed by atoms with E-state index in [1.807, 2.05) is 0 Å². The van der Waals surface area contributed by atoms with E-state index in [4.69, 9.17) is 5.73 Å². The Morgan fingerprint density at radius 3 is 2.71 bits per heavy atom. The minimum Gasteiger partial charge on any atom is -0.330 e. The van der Waals surface area contributed by atoms with Crippen molar-refractivity contribution in [3.63, 3.8) is 0 Å². The minimum atomic E-state index is 0.609. The molecule has 1 saturated carbocycles. The van der Waals surface area contributed by atoms with Gasteiger partial charge in [0.15, 0.2) is 5.82 Å². The minimum absolute atomic E-state index is 0.609. The largest absolute Gasteiger partial charge is 0.330 e. The van der Waals surface area contributed by atoms with Gasteiger partial charge in [-0.1, -0.05) is 25.7 Å². The predicted octanol–water partition coefficient (Wildman–Crippen LogP) is 2.52. The smallest absolute Gasteiger partial charge is 0.153 e. The van der Waals surface area contributed by atoms with E-state index in [1.165, 1.54) is 38.5 Å². The number of nitrogens with zero attached hydrogens (tertiary/aromatic N) is 2. The van der Waals surface area contributed by atoms with Crippen LogP contribution in [0.3, 0.4) is 0 Å². The van der Waals surface area contributed by atoms with Crippen LogP contribution in [0.1, 0.15) is 68.9 Å². The van der Waals surface area contributed by atoms with Crippen LogP contribution in [0.4, 0.5) is 0 Å². The molecule has 4 heteroatoms. The van der Waals surface area contributed by atoms with Gasteiger partial charge in [-0.3, -0.25) is 5.10 Å². The zero-order valence-corrected chi connectivity index (χ0v) is 10.6. The van der Waals surface area contributed by atoms with Crippen LogP contribution in [-0.2, 0) is 6.42 Å². The topological polar surface area (TPSA) is 67.6 Å². The third-order valence-electron chi connectivity index (χ3n) is 3.64. The second kappa shape index (κ2) is 6.74. The standard InChI is InChI=1S/C13H24N4/c14-10-6-2-5-9-12-15-13(17-16-12)11-7-3-1-4-8-11/h11H,1-10,14H2,(H,15,16,17). The summed E-state index contributed by atoms with van der Waals surface area (Å²) < 4.78 is 0. The van der Waals surface area contributed by atoms with Crippen molar-refractivity contribution in [1.29, 1.82) is 0 Å². The first-order valence-electron chi connectivity index (χ1n) is 7.01. The van der Waals surface area contributed by atoms with E-state index >= 15 is 0 Å². The highest BCUT2D eigenvalue weighted by atomic mass is 15.2. The van der Waals surface area contributed by atoms with Crippen LogP contribution in [0.25, 0.3) is 0 Å². The molecular formula is C13H24N4. The van der Waals surface area contributed by atoms with Crippen molar-refractivity contribution < 1.29 is 0 Å². The van der Waals surface area contributed by atoms with Gasteiger partial charge in [-0.15, -0.1) is 0 Å². The Morgan fingerprint density at radius 2 is 1.94 bits per heavy atom. The van der Waals surface area contributed by atoms with Crippen LogP contribution in [0.2, 0.25) is 0 Å². The lowest BCUT2D eigenvalue weighted by Crippen LogP contribution is -2.06. The molecule has 0 saturated heterocycles. The lowest BCUT2D eigenvalue weighted by atomic mass is 9.89. The number of aromatic nitrogens is 3. The van der Waals surface area contributed by atoms with Crippen molar-refractivity contribution in [2.24, 2.45) is 5.73 Å². The molecule has 2 rings (SSSR count). The molecule has 1 heterocycles. The number of unbranched alkanes of at least 4 members (excludes halogenated alkanes) is 2. The van der Waals surface area contributed by atoms with E-state index in [1.54, 1.807) is 0 Å². The molecule has 0 bridgehead atoms. The first kappa shape index (κ1) is 12.6. The Labute approximate surface area is 103 Å². The zero-order valence-electron chi connectivity index (χ0n) is 10.6. The molecule has 1 fully saturated rings. The van der Waals surface area contributed by atoms with E-state index in [9.17, 15) is 0 Å². The summed E-state index contributed by atoms with van der Waals surface area (Å²) in [4.78, 5) is 4.63. The summed E-state index contributed by atoms with van der Waals surface area (Å²) in [6.45, 7) is 0.795. The zero-order chi connectivity index (χ0) is 11.9. The van der Waals surface area contributed by atoms with Gasteiger partial charge < -0.3 is 5.73 Å². The third kappa shape index (κ3) is 3.80. The molecular weight excluding hydrogens is 212 g/mol. The van der Waals surface area contributed by atoms with Crippen molar-refractivity contribution in [3.05, 3.63) is 11.6 Å². The maximum atomic E-state index is 5.47. The SMILES string of the molecule is NCCCCCc1nc(C2CCCCC2)n[nH]1. The van der Waals surface area contributed by atoms with E-state index < -0.39 is 0 Å². The van der Waals surface area contributed by atoms with E-state index in [-0.39, 0.29) is 0 Å². The molecule has 96 valence electrons. The highest BCUT2D eigenvalue weighted by Crippen LogP contribution is 2.30. The van der Waals surface area contributed by atoms with Gasteiger partial charge in [0.05, 0.1) is 0 Å². The summed E-state index contributed by atoms with van der Waals surface area (Å²) in [5, 5.41) is 7.47. The Kier molecular flexibility index (Phi) is 4.98. The highest BCUT2D eigenvalue weighted by Gasteiger charge is 2.19. The fraction of sp³-hybridized carbons (Fsp3) is 0.846. The summed E-state index contributed by atoms with van der Waals surface area (Å²) >= 11 is 0. The lowest BCUT2D eigenvalue weighted by Gasteiger charge is -2.17. The van der Waals surface area contributed by atoms with Crippen LogP contribution in [0.15, 0.2) is 0 Å². The fourth-order valence-electron chi connectivity index (χ4n) is 2.58. The molecule has 17 heavy (non-hydrogen) atoms. The number of aromatic amines is 1. The van der Waals surface area contributed by atoms with E-state index in [0.29, 0.717) is 5.92 Å². The quantitative estimate of drug-likeness (QED) is 0.746. The van der Waals surface area contributed by atoms with Gasteiger partial charge in [0.2, 0.25) is 0 Å². The summed E-state index contributed by atoms with van der Waals surface area (Å²) in [7, 11) is 0. The van der Waals surface area contributed by atoms with Crippen molar-refractivity contribution in [2.45, 2.75) is 63.7 Å². The van der Waals surface area contributed by atoms with Gasteiger partial charge >= 0.3 is 0 Å². The molecule has 0 radical (unpaired) electrons. The van der Waals surface area contributed by atoms with Crippen LogP contribution in [0.5, 0.6) is 0 Å². The molecule has 1 aliphatic carbocycles. The second-order valence-corrected chi connectivity index (χ2v) is 5.07. The van der Waals surface area contributed by atoms with Crippen molar-refractivity contribution in [1.82, 2.24) is 15.2 Å². The summed E-state index contributed by atoms with van der Waals surface area (Å²) in [5.74, 6) is 2.72. The molecule has 0 aliphatic heterocycles. The highest BCUT2D eigenvalue weighted by molar-refractivity contribution is 4.99. The van der Waals surface area contributed by atoms with Gasteiger partial charge in [0, 0.05) is 12.3 Å². The normalized spacial score (nSPS) is 17.5. The lowest BCUT2D eigenvalue weighted by molar-refractivity contribution is 0.429. The predicted molar refractivity (Wildman–Crippen MR) is 68.8 cm³/mol. The molecule has 1 aliphatic rings. The molecule has 1 aromatic rings. The number of nitrogens with two attached hydrogens (primary N) is 1.